The van der Waals surface area contributed by atoms with E-state index in [-0.39, 0.29) is 0 Å². The van der Waals surface area contributed by atoms with Crippen LogP contribution < -0.4 is 0 Å². The molecule has 4 unspecified atom stereocenters. The average Bonchev–Trinajstić information content (AvgIpc) is 2.39. The molecule has 0 saturated carbocycles. The fourth-order valence-electron chi connectivity index (χ4n) is 2.28. The topological polar surface area (TPSA) is 0 Å². The SMILES string of the molecule is C[S][Sb]([S]C1CCS1)([S]C1CCS1)([S]C1CCS1)[S]C1CCS1. The molecule has 0 aromatic heterocycles. The van der Waals surface area contributed by atoms with Gasteiger partial charge in [-0.05, 0) is 0 Å². The van der Waals surface area contributed by atoms with Crippen LogP contribution in [-0.2, 0) is 0 Å². The first-order valence-electron chi connectivity index (χ1n) is 7.99. The van der Waals surface area contributed by atoms with E-state index in [2.05, 4.69) is 97.6 Å². The number of hydrogen-bond donors (Lipinski definition) is 0. The van der Waals surface area contributed by atoms with Gasteiger partial charge in [-0.2, -0.15) is 0 Å². The quantitative estimate of drug-likeness (QED) is 0.258. The Morgan fingerprint density at radius 3 is 1.00 bits per heavy atom. The van der Waals surface area contributed by atoms with Crippen molar-refractivity contribution in [1.82, 2.24) is 0 Å². The monoisotopic (exact) mass is 588 g/mol. The first-order valence-corrected chi connectivity index (χ1v) is 32.3. The molecule has 0 aromatic rings. The van der Waals surface area contributed by atoms with E-state index in [1.807, 2.05) is 0 Å². The Hall–Kier alpha value is 3.97. The van der Waals surface area contributed by atoms with Gasteiger partial charge in [0.15, 0.2) is 0 Å². The van der Waals surface area contributed by atoms with Crippen molar-refractivity contribution in [3.05, 3.63) is 0 Å². The van der Waals surface area contributed by atoms with Gasteiger partial charge in [0.05, 0.1) is 0 Å². The van der Waals surface area contributed by atoms with Crippen molar-refractivity contribution in [2.75, 3.05) is 29.3 Å². The summed E-state index contributed by atoms with van der Waals surface area (Å²) in [6, 6.07) is 0. The molecule has 4 heterocycles. The van der Waals surface area contributed by atoms with Gasteiger partial charge in [0.1, 0.15) is 0 Å². The van der Waals surface area contributed by atoms with Gasteiger partial charge in [-0.15, -0.1) is 0 Å². The van der Waals surface area contributed by atoms with E-state index < -0.39 is 10.4 Å². The molecule has 4 rings (SSSR count). The summed E-state index contributed by atoms with van der Waals surface area (Å²) in [6.45, 7) is 0. The zero-order valence-electron chi connectivity index (χ0n) is 13.1. The first kappa shape index (κ1) is 20.2. The number of hydrogen-bond acceptors (Lipinski definition) is 9. The van der Waals surface area contributed by atoms with Crippen LogP contribution in [-0.4, -0.2) is 58.0 Å². The predicted molar refractivity (Wildman–Crippen MR) is 133 cm³/mol. The molecular formula is C13H23S9Sb. The Morgan fingerprint density at radius 2 is 0.870 bits per heavy atom. The molecule has 0 amide bonds. The fraction of sp³-hybridized carbons (Fsp3) is 1.00. The van der Waals surface area contributed by atoms with Crippen molar-refractivity contribution in [1.29, 1.82) is 0 Å². The summed E-state index contributed by atoms with van der Waals surface area (Å²) in [6.07, 6.45) is 8.35. The second kappa shape index (κ2) is 8.77. The second-order valence-corrected chi connectivity index (χ2v) is 70.2. The molecule has 4 saturated heterocycles. The van der Waals surface area contributed by atoms with Crippen LogP contribution in [0.5, 0.6) is 0 Å². The maximum atomic E-state index is 2.54. The summed E-state index contributed by atoms with van der Waals surface area (Å²) in [5.41, 5.74) is 0. The summed E-state index contributed by atoms with van der Waals surface area (Å²) < 4.78 is 3.66. The van der Waals surface area contributed by atoms with E-state index in [1.54, 1.807) is 0 Å². The summed E-state index contributed by atoms with van der Waals surface area (Å²) in [5, 5.41) is 0. The van der Waals surface area contributed by atoms with Crippen LogP contribution in [0.15, 0.2) is 0 Å². The molecule has 4 fully saturated rings. The molecule has 4 atom stereocenters. The summed E-state index contributed by atoms with van der Waals surface area (Å²) in [5.74, 6) is 5.63. The van der Waals surface area contributed by atoms with E-state index in [4.69, 9.17) is 0 Å². The van der Waals surface area contributed by atoms with E-state index in [1.165, 1.54) is 48.7 Å². The van der Waals surface area contributed by atoms with Crippen LogP contribution >= 0.6 is 91.3 Å². The van der Waals surface area contributed by atoms with Gasteiger partial charge in [0.25, 0.3) is 0 Å². The third-order valence-corrected chi connectivity index (χ3v) is 85.5. The molecule has 0 bridgehead atoms. The molecule has 0 nitrogen and oxygen atoms in total. The standard InChI is InChI=1S/4C3H6S2.CH4S.Sb/c4*4-3-1-2-5-3;1-2;/h4*3-4H,1-2H2;2H,1H3;/q;;;;;+5/p-5. The van der Waals surface area contributed by atoms with Crippen LogP contribution in [0.1, 0.15) is 25.7 Å². The minimum absolute atomic E-state index is 0.914. The molecule has 10 heteroatoms. The summed E-state index contributed by atoms with van der Waals surface area (Å²) in [7, 11) is 9.59. The molecule has 0 spiro atoms. The van der Waals surface area contributed by atoms with Crippen LogP contribution in [0.3, 0.4) is 0 Å². The van der Waals surface area contributed by atoms with E-state index in [0.717, 1.165) is 18.3 Å². The third kappa shape index (κ3) is 4.76. The first-order chi connectivity index (χ1) is 11.2. The van der Waals surface area contributed by atoms with Crippen molar-refractivity contribution in [3.63, 3.8) is 0 Å². The maximum absolute atomic E-state index is 2.93. The van der Waals surface area contributed by atoms with Gasteiger partial charge in [-0.25, -0.2) is 0 Å². The number of thioether (sulfide) groups is 4. The van der Waals surface area contributed by atoms with Crippen LogP contribution in [0.25, 0.3) is 0 Å². The normalized spacial score (nSPS) is 38.4. The van der Waals surface area contributed by atoms with Crippen molar-refractivity contribution < 1.29 is 0 Å². The average molecular weight is 590 g/mol. The van der Waals surface area contributed by atoms with E-state index >= 15 is 0 Å². The van der Waals surface area contributed by atoms with Crippen molar-refractivity contribution in [2.24, 2.45) is 0 Å². The molecule has 0 aliphatic carbocycles. The van der Waals surface area contributed by atoms with Gasteiger partial charge in [0.2, 0.25) is 0 Å². The van der Waals surface area contributed by atoms with Crippen molar-refractivity contribution >= 4 is 102 Å². The minimum atomic E-state index is -2.93. The van der Waals surface area contributed by atoms with Crippen molar-refractivity contribution in [3.8, 4) is 0 Å². The zero-order chi connectivity index (χ0) is 15.8. The molecule has 4 aliphatic heterocycles. The Balaban J connectivity index is 1.59. The molecular weight excluding hydrogens is 567 g/mol. The fourth-order valence-corrected chi connectivity index (χ4v) is 116. The van der Waals surface area contributed by atoms with Crippen LogP contribution in [0.4, 0.5) is 0 Å². The Morgan fingerprint density at radius 1 is 0.609 bits per heavy atom. The second-order valence-electron chi connectivity index (χ2n) is 5.71. The molecule has 0 radical (unpaired) electrons. The summed E-state index contributed by atoms with van der Waals surface area (Å²) in [4.78, 5) is 0. The summed E-state index contributed by atoms with van der Waals surface area (Å²) >= 11 is 8.98. The Labute approximate surface area is 172 Å². The Bertz CT molecular complexity index is 344. The van der Waals surface area contributed by atoms with Gasteiger partial charge >= 0.3 is 175 Å². The molecule has 0 N–H and O–H groups in total. The molecule has 134 valence electrons. The van der Waals surface area contributed by atoms with Crippen LogP contribution in [0, 0.1) is 0 Å². The third-order valence-electron chi connectivity index (χ3n) is 4.09. The van der Waals surface area contributed by atoms with Gasteiger partial charge in [-0.3, -0.25) is 0 Å². The molecule has 23 heavy (non-hydrogen) atoms. The number of rotatable bonds is 9. The van der Waals surface area contributed by atoms with E-state index in [0.29, 0.717) is 0 Å². The zero-order valence-corrected chi connectivity index (χ0v) is 23.0. The van der Waals surface area contributed by atoms with Crippen LogP contribution in [0.2, 0.25) is 0 Å². The van der Waals surface area contributed by atoms with Gasteiger partial charge in [-0.1, -0.05) is 0 Å². The molecule has 4 aliphatic rings. The van der Waals surface area contributed by atoms with Gasteiger partial charge in [0, 0.05) is 0 Å². The predicted octanol–water partition coefficient (Wildman–Crippen LogP) is 7.02. The van der Waals surface area contributed by atoms with E-state index in [9.17, 15) is 0 Å². The van der Waals surface area contributed by atoms with Gasteiger partial charge < -0.3 is 0 Å². The van der Waals surface area contributed by atoms with Crippen molar-refractivity contribution in [2.45, 2.75) is 44.0 Å². The Kier molecular flexibility index (Phi) is 7.72. The molecule has 0 aromatic carbocycles.